The summed E-state index contributed by atoms with van der Waals surface area (Å²) in [6.07, 6.45) is 38.7. The van der Waals surface area contributed by atoms with Crippen LogP contribution in [0.25, 0.3) is 0 Å². The summed E-state index contributed by atoms with van der Waals surface area (Å²) in [5.74, 6) is -0.675. The number of aliphatic hydroxyl groups is 2. The summed E-state index contributed by atoms with van der Waals surface area (Å²) in [6, 6.07) is 0. The fourth-order valence-electron chi connectivity index (χ4n) is 4.68. The molecule has 0 spiro atoms. The molecule has 0 aromatic heterocycles. The third-order valence-corrected chi connectivity index (χ3v) is 7.39. The van der Waals surface area contributed by atoms with Crippen molar-refractivity contribution in [3.05, 3.63) is 48.6 Å². The van der Waals surface area contributed by atoms with Crippen LogP contribution in [0.5, 0.6) is 0 Å². The highest BCUT2D eigenvalue weighted by Gasteiger charge is 2.16. The van der Waals surface area contributed by atoms with E-state index in [0.29, 0.717) is 19.3 Å². The maximum Gasteiger partial charge on any atom is 0.306 e. The number of carbonyl (C=O) groups excluding carboxylic acids is 2. The second kappa shape index (κ2) is 33.7. The summed E-state index contributed by atoms with van der Waals surface area (Å²) >= 11 is 0. The van der Waals surface area contributed by atoms with Crippen molar-refractivity contribution < 1.29 is 29.3 Å². The summed E-state index contributed by atoms with van der Waals surface area (Å²) in [5, 5.41) is 18.7. The molecule has 0 saturated carbocycles. The molecule has 254 valence electrons. The van der Waals surface area contributed by atoms with Crippen LogP contribution in [0.2, 0.25) is 0 Å². The zero-order valence-electron chi connectivity index (χ0n) is 28.3. The third-order valence-electron chi connectivity index (χ3n) is 7.39. The topological polar surface area (TPSA) is 93.1 Å². The minimum atomic E-state index is -0.798. The van der Waals surface area contributed by atoms with E-state index in [0.717, 1.165) is 64.2 Å². The van der Waals surface area contributed by atoms with Crippen molar-refractivity contribution in [1.82, 2.24) is 0 Å². The fourth-order valence-corrected chi connectivity index (χ4v) is 4.68. The smallest absolute Gasteiger partial charge is 0.306 e. The average molecular weight is 619 g/mol. The van der Waals surface area contributed by atoms with E-state index in [1.807, 2.05) is 6.92 Å². The zero-order valence-corrected chi connectivity index (χ0v) is 28.3. The minimum Gasteiger partial charge on any atom is -0.462 e. The van der Waals surface area contributed by atoms with E-state index >= 15 is 0 Å². The van der Waals surface area contributed by atoms with Gasteiger partial charge in [-0.1, -0.05) is 126 Å². The number of ether oxygens (including phenoxy) is 2. The lowest BCUT2D eigenvalue weighted by molar-refractivity contribution is -0.161. The summed E-state index contributed by atoms with van der Waals surface area (Å²) in [5.41, 5.74) is 0. The number of aliphatic hydroxyl groups excluding tert-OH is 2. The SMILES string of the molecule is CCCCCCCCCCCCCCC(=O)O[C@@H](CO)COC(=O)CCC/C=C\C/C=C\C/C=C\C/C=C\CCC[C@@H](C)O. The van der Waals surface area contributed by atoms with Crippen LogP contribution in [0.3, 0.4) is 0 Å². The number of esters is 2. The molecular formula is C38H66O6. The predicted molar refractivity (Wildman–Crippen MR) is 183 cm³/mol. The van der Waals surface area contributed by atoms with E-state index in [-0.39, 0.29) is 31.3 Å². The van der Waals surface area contributed by atoms with Crippen molar-refractivity contribution in [3.63, 3.8) is 0 Å². The Morgan fingerprint density at radius 2 is 1.07 bits per heavy atom. The second-order valence-corrected chi connectivity index (χ2v) is 11.9. The normalized spacial score (nSPS) is 13.5. The van der Waals surface area contributed by atoms with Crippen molar-refractivity contribution in [2.45, 2.75) is 167 Å². The standard InChI is InChI=1S/C38H66O6/c1-3-4-5-6-7-8-9-16-20-23-26-29-32-38(42)44-36(33-39)34-43-37(41)31-28-25-22-19-17-14-12-10-11-13-15-18-21-24-27-30-35(2)40/h11-14,18-19,21-22,35-36,39-40H,3-10,15-17,20,23-34H2,1-2H3/b13-11-,14-12-,21-18-,22-19-/t35-,36+/m1/s1. The Morgan fingerprint density at radius 1 is 0.614 bits per heavy atom. The van der Waals surface area contributed by atoms with Crippen LogP contribution in [-0.2, 0) is 19.1 Å². The first-order chi connectivity index (χ1) is 21.5. The Hall–Kier alpha value is -2.18. The highest BCUT2D eigenvalue weighted by Crippen LogP contribution is 2.13. The van der Waals surface area contributed by atoms with Gasteiger partial charge in [0.25, 0.3) is 0 Å². The molecule has 0 amide bonds. The number of hydrogen-bond acceptors (Lipinski definition) is 6. The van der Waals surface area contributed by atoms with Crippen LogP contribution >= 0.6 is 0 Å². The molecule has 6 heteroatoms. The van der Waals surface area contributed by atoms with Crippen molar-refractivity contribution in [3.8, 4) is 0 Å². The zero-order chi connectivity index (χ0) is 32.4. The van der Waals surface area contributed by atoms with Gasteiger partial charge < -0.3 is 19.7 Å². The molecule has 0 heterocycles. The molecule has 0 saturated heterocycles. The molecule has 0 unspecified atom stereocenters. The van der Waals surface area contributed by atoms with E-state index in [2.05, 4.69) is 55.5 Å². The monoisotopic (exact) mass is 618 g/mol. The molecular weight excluding hydrogens is 552 g/mol. The number of allylic oxidation sites excluding steroid dienone is 8. The van der Waals surface area contributed by atoms with Gasteiger partial charge in [-0.2, -0.15) is 0 Å². The van der Waals surface area contributed by atoms with Crippen LogP contribution in [0, 0.1) is 0 Å². The van der Waals surface area contributed by atoms with E-state index in [1.54, 1.807) is 0 Å². The van der Waals surface area contributed by atoms with E-state index in [1.165, 1.54) is 57.8 Å². The first kappa shape index (κ1) is 41.8. The average Bonchev–Trinajstić information content (AvgIpc) is 3.01. The van der Waals surface area contributed by atoms with Gasteiger partial charge in [0.05, 0.1) is 12.7 Å². The third kappa shape index (κ3) is 32.7. The van der Waals surface area contributed by atoms with Crippen LogP contribution in [0.4, 0.5) is 0 Å². The molecule has 0 fully saturated rings. The lowest BCUT2D eigenvalue weighted by atomic mass is 10.0. The van der Waals surface area contributed by atoms with E-state index < -0.39 is 6.10 Å². The number of hydrogen-bond donors (Lipinski definition) is 2. The Morgan fingerprint density at radius 3 is 1.57 bits per heavy atom. The van der Waals surface area contributed by atoms with Gasteiger partial charge in [-0.05, 0) is 64.7 Å². The van der Waals surface area contributed by atoms with Gasteiger partial charge in [0, 0.05) is 12.8 Å². The van der Waals surface area contributed by atoms with Gasteiger partial charge in [-0.3, -0.25) is 9.59 Å². The Balaban J connectivity index is 3.70. The van der Waals surface area contributed by atoms with Gasteiger partial charge in [-0.15, -0.1) is 0 Å². The molecule has 0 aliphatic heterocycles. The largest absolute Gasteiger partial charge is 0.462 e. The first-order valence-electron chi connectivity index (χ1n) is 17.7. The minimum absolute atomic E-state index is 0.102. The summed E-state index contributed by atoms with van der Waals surface area (Å²) in [7, 11) is 0. The molecule has 0 radical (unpaired) electrons. The molecule has 0 bridgehead atoms. The molecule has 0 aromatic rings. The lowest BCUT2D eigenvalue weighted by Gasteiger charge is -2.15. The van der Waals surface area contributed by atoms with Gasteiger partial charge in [0.15, 0.2) is 6.10 Å². The van der Waals surface area contributed by atoms with Crippen molar-refractivity contribution >= 4 is 11.9 Å². The summed E-state index contributed by atoms with van der Waals surface area (Å²) in [6.45, 7) is 3.62. The Kier molecular flexibility index (Phi) is 32.0. The van der Waals surface area contributed by atoms with Gasteiger partial charge in [0.2, 0.25) is 0 Å². The number of unbranched alkanes of at least 4 members (excludes halogenated alkanes) is 13. The fraction of sp³-hybridized carbons (Fsp3) is 0.737. The molecule has 2 atom stereocenters. The van der Waals surface area contributed by atoms with Crippen LogP contribution in [0.1, 0.15) is 155 Å². The Bertz CT molecular complexity index is 767. The lowest BCUT2D eigenvalue weighted by Crippen LogP contribution is -2.28. The van der Waals surface area contributed by atoms with Crippen molar-refractivity contribution in [1.29, 1.82) is 0 Å². The molecule has 6 nitrogen and oxygen atoms in total. The molecule has 2 N–H and O–H groups in total. The number of rotatable bonds is 31. The van der Waals surface area contributed by atoms with Crippen LogP contribution in [0.15, 0.2) is 48.6 Å². The molecule has 44 heavy (non-hydrogen) atoms. The van der Waals surface area contributed by atoms with Gasteiger partial charge in [0.1, 0.15) is 6.61 Å². The second-order valence-electron chi connectivity index (χ2n) is 11.9. The first-order valence-corrected chi connectivity index (χ1v) is 17.7. The highest BCUT2D eigenvalue weighted by molar-refractivity contribution is 5.70. The molecule has 0 aliphatic carbocycles. The van der Waals surface area contributed by atoms with Crippen LogP contribution < -0.4 is 0 Å². The molecule has 0 rings (SSSR count). The maximum atomic E-state index is 12.1. The summed E-state index contributed by atoms with van der Waals surface area (Å²) < 4.78 is 10.5. The summed E-state index contributed by atoms with van der Waals surface area (Å²) in [4.78, 5) is 24.1. The number of carbonyl (C=O) groups is 2. The molecule has 0 aliphatic rings. The van der Waals surface area contributed by atoms with E-state index in [9.17, 15) is 19.8 Å². The van der Waals surface area contributed by atoms with E-state index in [4.69, 9.17) is 9.47 Å². The maximum absolute atomic E-state index is 12.1. The quantitative estimate of drug-likeness (QED) is 0.0456. The highest BCUT2D eigenvalue weighted by atomic mass is 16.6. The van der Waals surface area contributed by atoms with Crippen LogP contribution in [-0.4, -0.2) is 47.6 Å². The predicted octanol–water partition coefficient (Wildman–Crippen LogP) is 9.64. The van der Waals surface area contributed by atoms with Crippen molar-refractivity contribution in [2.24, 2.45) is 0 Å². The van der Waals surface area contributed by atoms with Gasteiger partial charge in [-0.25, -0.2) is 0 Å². The Labute approximate surface area is 270 Å². The van der Waals surface area contributed by atoms with Crippen molar-refractivity contribution in [2.75, 3.05) is 13.2 Å². The van der Waals surface area contributed by atoms with Gasteiger partial charge >= 0.3 is 11.9 Å². The molecule has 0 aromatic carbocycles.